The molecule has 0 aromatic carbocycles. The molecule has 0 N–H and O–H groups in total. The van der Waals surface area contributed by atoms with Crippen molar-refractivity contribution >= 4 is 11.3 Å². The van der Waals surface area contributed by atoms with Crippen molar-refractivity contribution in [1.29, 1.82) is 0 Å². The topological polar surface area (TPSA) is 22.1 Å². The zero-order valence-corrected chi connectivity index (χ0v) is 8.82. The first-order valence-corrected chi connectivity index (χ1v) is 5.33. The number of ether oxygens (including phenoxy) is 1. The van der Waals surface area contributed by atoms with Crippen LogP contribution < -0.4 is 0 Å². The third kappa shape index (κ3) is 4.11. The molecule has 0 aliphatic carbocycles. The van der Waals surface area contributed by atoms with E-state index in [2.05, 4.69) is 11.9 Å². The molecule has 0 saturated heterocycles. The van der Waals surface area contributed by atoms with Crippen molar-refractivity contribution in [2.45, 2.75) is 26.2 Å². The van der Waals surface area contributed by atoms with E-state index in [0.29, 0.717) is 13.0 Å². The molecule has 5 heteroatoms. The van der Waals surface area contributed by atoms with Crippen LogP contribution in [0.15, 0.2) is 6.20 Å². The van der Waals surface area contributed by atoms with Gasteiger partial charge in [-0.15, -0.1) is 11.3 Å². The number of alkyl halides is 2. The SMILES string of the molecule is CCc1cnc(CCOCC(F)F)s1. The van der Waals surface area contributed by atoms with Gasteiger partial charge in [-0.1, -0.05) is 6.92 Å². The van der Waals surface area contributed by atoms with Crippen LogP contribution in [0.25, 0.3) is 0 Å². The third-order valence-corrected chi connectivity index (χ3v) is 2.86. The highest BCUT2D eigenvalue weighted by atomic mass is 32.1. The monoisotopic (exact) mass is 221 g/mol. The van der Waals surface area contributed by atoms with E-state index in [0.717, 1.165) is 11.4 Å². The zero-order valence-electron chi connectivity index (χ0n) is 8.00. The van der Waals surface area contributed by atoms with E-state index in [4.69, 9.17) is 4.74 Å². The maximum Gasteiger partial charge on any atom is 0.261 e. The van der Waals surface area contributed by atoms with Crippen molar-refractivity contribution in [2.75, 3.05) is 13.2 Å². The van der Waals surface area contributed by atoms with Gasteiger partial charge in [0.25, 0.3) is 6.43 Å². The number of thiazole rings is 1. The molecule has 0 fully saturated rings. The maximum absolute atomic E-state index is 11.7. The van der Waals surface area contributed by atoms with Crippen molar-refractivity contribution < 1.29 is 13.5 Å². The van der Waals surface area contributed by atoms with Crippen LogP contribution >= 0.6 is 11.3 Å². The van der Waals surface area contributed by atoms with Gasteiger partial charge in [-0.25, -0.2) is 13.8 Å². The number of aryl methyl sites for hydroxylation is 1. The van der Waals surface area contributed by atoms with Crippen LogP contribution in [0.4, 0.5) is 8.78 Å². The van der Waals surface area contributed by atoms with Gasteiger partial charge in [0.2, 0.25) is 0 Å². The summed E-state index contributed by atoms with van der Waals surface area (Å²) in [5.41, 5.74) is 0. The first kappa shape index (κ1) is 11.5. The van der Waals surface area contributed by atoms with Crippen LogP contribution in [-0.2, 0) is 17.6 Å². The van der Waals surface area contributed by atoms with Crippen LogP contribution in [0.3, 0.4) is 0 Å². The number of hydrogen-bond acceptors (Lipinski definition) is 3. The van der Waals surface area contributed by atoms with E-state index in [1.165, 1.54) is 4.88 Å². The van der Waals surface area contributed by atoms with Gasteiger partial charge in [0, 0.05) is 17.5 Å². The van der Waals surface area contributed by atoms with Crippen molar-refractivity contribution in [3.05, 3.63) is 16.1 Å². The molecule has 0 spiro atoms. The Hall–Kier alpha value is -0.550. The van der Waals surface area contributed by atoms with Crippen molar-refractivity contribution in [2.24, 2.45) is 0 Å². The second-order valence-corrected chi connectivity index (χ2v) is 3.99. The average Bonchev–Trinajstić information content (AvgIpc) is 2.60. The highest BCUT2D eigenvalue weighted by molar-refractivity contribution is 7.11. The molecule has 0 amide bonds. The van der Waals surface area contributed by atoms with E-state index in [9.17, 15) is 8.78 Å². The van der Waals surface area contributed by atoms with Crippen LogP contribution in [0.5, 0.6) is 0 Å². The molecule has 1 rings (SSSR count). The summed E-state index contributed by atoms with van der Waals surface area (Å²) >= 11 is 1.61. The molecule has 2 nitrogen and oxygen atoms in total. The molecule has 0 unspecified atom stereocenters. The minimum absolute atomic E-state index is 0.320. The minimum atomic E-state index is -2.38. The lowest BCUT2D eigenvalue weighted by Gasteiger charge is -2.00. The summed E-state index contributed by atoms with van der Waals surface area (Å²) in [6.45, 7) is 1.90. The largest absolute Gasteiger partial charge is 0.375 e. The van der Waals surface area contributed by atoms with Gasteiger partial charge in [-0.2, -0.15) is 0 Å². The number of nitrogens with zero attached hydrogens (tertiary/aromatic N) is 1. The normalized spacial score (nSPS) is 11.1. The van der Waals surface area contributed by atoms with Gasteiger partial charge in [0.05, 0.1) is 11.6 Å². The predicted octanol–water partition coefficient (Wildman–Crippen LogP) is 2.53. The highest BCUT2D eigenvalue weighted by Gasteiger charge is 2.03. The first-order chi connectivity index (χ1) is 6.72. The van der Waals surface area contributed by atoms with Crippen LogP contribution in [0, 0.1) is 0 Å². The molecule has 0 aliphatic rings. The maximum atomic E-state index is 11.7. The Kier molecular flexibility index (Phi) is 4.97. The lowest BCUT2D eigenvalue weighted by Crippen LogP contribution is -2.06. The molecule has 1 aromatic heterocycles. The second-order valence-electron chi connectivity index (χ2n) is 2.79. The van der Waals surface area contributed by atoms with Gasteiger partial charge in [0.1, 0.15) is 6.61 Å². The molecule has 0 atom stereocenters. The summed E-state index contributed by atoms with van der Waals surface area (Å²) in [6.07, 6.45) is 1.04. The van der Waals surface area contributed by atoms with E-state index < -0.39 is 13.0 Å². The molecule has 0 radical (unpaired) electrons. The van der Waals surface area contributed by atoms with Gasteiger partial charge < -0.3 is 4.74 Å². The van der Waals surface area contributed by atoms with Gasteiger partial charge >= 0.3 is 0 Å². The number of halogens is 2. The summed E-state index contributed by atoms with van der Waals surface area (Å²) in [4.78, 5) is 5.37. The Labute approximate surface area is 85.9 Å². The Morgan fingerprint density at radius 2 is 2.36 bits per heavy atom. The van der Waals surface area contributed by atoms with Crippen molar-refractivity contribution in [3.63, 3.8) is 0 Å². The highest BCUT2D eigenvalue weighted by Crippen LogP contribution is 2.13. The molecule has 1 aromatic rings. The van der Waals surface area contributed by atoms with E-state index in [1.807, 2.05) is 6.20 Å². The van der Waals surface area contributed by atoms with Crippen LogP contribution in [-0.4, -0.2) is 24.6 Å². The van der Waals surface area contributed by atoms with E-state index >= 15 is 0 Å². The Morgan fingerprint density at radius 1 is 1.57 bits per heavy atom. The molecule has 0 aliphatic heterocycles. The smallest absolute Gasteiger partial charge is 0.261 e. The summed E-state index contributed by atoms with van der Waals surface area (Å²) < 4.78 is 28.1. The van der Waals surface area contributed by atoms with E-state index in [1.54, 1.807) is 11.3 Å². The van der Waals surface area contributed by atoms with Gasteiger partial charge in [-0.3, -0.25) is 0 Å². The predicted molar refractivity (Wildman–Crippen MR) is 52.0 cm³/mol. The van der Waals surface area contributed by atoms with Crippen molar-refractivity contribution in [1.82, 2.24) is 4.98 Å². The minimum Gasteiger partial charge on any atom is -0.375 e. The summed E-state index contributed by atoms with van der Waals surface area (Å²) in [7, 11) is 0. The summed E-state index contributed by atoms with van der Waals surface area (Å²) in [5, 5.41) is 0.955. The molecule has 1 heterocycles. The molecule has 0 bridgehead atoms. The molecular formula is C9H13F2NOS. The van der Waals surface area contributed by atoms with Crippen LogP contribution in [0.2, 0.25) is 0 Å². The second kappa shape index (κ2) is 6.03. The Bertz CT molecular complexity index is 265. The summed E-state index contributed by atoms with van der Waals surface area (Å²) in [5.74, 6) is 0. The van der Waals surface area contributed by atoms with Crippen molar-refractivity contribution in [3.8, 4) is 0 Å². The zero-order chi connectivity index (χ0) is 10.4. The molecule has 0 saturated carbocycles. The standard InChI is InChI=1S/C9H13F2NOS/c1-2-7-5-12-9(14-7)3-4-13-6-8(10)11/h5,8H,2-4,6H2,1H3. The number of hydrogen-bond donors (Lipinski definition) is 0. The fourth-order valence-corrected chi connectivity index (χ4v) is 1.80. The summed E-state index contributed by atoms with van der Waals surface area (Å²) in [6, 6.07) is 0. The number of aromatic nitrogens is 1. The lowest BCUT2D eigenvalue weighted by molar-refractivity contribution is 0.0187. The lowest BCUT2D eigenvalue weighted by atomic mass is 10.4. The molecule has 80 valence electrons. The fraction of sp³-hybridized carbons (Fsp3) is 0.667. The quantitative estimate of drug-likeness (QED) is 0.689. The molecular weight excluding hydrogens is 208 g/mol. The first-order valence-electron chi connectivity index (χ1n) is 4.51. The average molecular weight is 221 g/mol. The third-order valence-electron chi connectivity index (χ3n) is 1.65. The number of rotatable bonds is 6. The van der Waals surface area contributed by atoms with Gasteiger partial charge in [-0.05, 0) is 6.42 Å². The van der Waals surface area contributed by atoms with Crippen LogP contribution in [0.1, 0.15) is 16.8 Å². The Morgan fingerprint density at radius 3 is 2.93 bits per heavy atom. The van der Waals surface area contributed by atoms with Gasteiger partial charge in [0.15, 0.2) is 0 Å². The fourth-order valence-electron chi connectivity index (χ4n) is 0.959. The Balaban J connectivity index is 2.18. The van der Waals surface area contributed by atoms with E-state index in [-0.39, 0.29) is 0 Å². The molecule has 14 heavy (non-hydrogen) atoms.